The number of likely N-dealkylation sites (tertiary alicyclic amines) is 1. The van der Waals surface area contributed by atoms with Crippen molar-refractivity contribution in [2.75, 3.05) is 19.8 Å². The second-order valence-corrected chi connectivity index (χ2v) is 5.15. The van der Waals surface area contributed by atoms with E-state index in [0.29, 0.717) is 19.8 Å². The summed E-state index contributed by atoms with van der Waals surface area (Å²) in [5, 5.41) is 0. The van der Waals surface area contributed by atoms with Crippen LogP contribution < -0.4 is 0 Å². The fourth-order valence-corrected chi connectivity index (χ4v) is 2.88. The largest absolute Gasteiger partial charge is 0.348 e. The minimum absolute atomic E-state index is 0.113. The van der Waals surface area contributed by atoms with Crippen LogP contribution in [0.2, 0.25) is 0 Å². The van der Waals surface area contributed by atoms with Gasteiger partial charge in [-0.05, 0) is 31.4 Å². The molecular weight excluding hydrogens is 261 g/mol. The summed E-state index contributed by atoms with van der Waals surface area (Å²) in [7, 11) is 0. The van der Waals surface area contributed by atoms with E-state index in [9.17, 15) is 9.18 Å². The number of hydrogen-bond donors (Lipinski definition) is 0. The van der Waals surface area contributed by atoms with Crippen molar-refractivity contribution >= 4 is 5.91 Å². The first-order valence-corrected chi connectivity index (χ1v) is 7.06. The van der Waals surface area contributed by atoms with Crippen molar-refractivity contribution in [3.8, 4) is 0 Å². The molecule has 1 amide bonds. The second kappa shape index (κ2) is 5.89. The van der Waals surface area contributed by atoms with Crippen molar-refractivity contribution in [3.05, 3.63) is 35.6 Å². The van der Waals surface area contributed by atoms with Crippen molar-refractivity contribution in [3.63, 3.8) is 0 Å². The van der Waals surface area contributed by atoms with E-state index < -0.39 is 5.82 Å². The number of nitrogens with zero attached hydrogens (tertiary/aromatic N) is 1. The molecule has 2 heterocycles. The first-order chi connectivity index (χ1) is 9.77. The van der Waals surface area contributed by atoms with E-state index in [1.54, 1.807) is 17.0 Å². The zero-order chi connectivity index (χ0) is 13.9. The molecule has 108 valence electrons. The zero-order valence-corrected chi connectivity index (χ0v) is 11.3. The van der Waals surface area contributed by atoms with Crippen LogP contribution in [0.4, 0.5) is 4.39 Å². The molecule has 2 fully saturated rings. The molecule has 2 aliphatic rings. The number of rotatable bonds is 2. The highest BCUT2D eigenvalue weighted by atomic mass is 19.1. The van der Waals surface area contributed by atoms with E-state index in [0.717, 1.165) is 19.3 Å². The summed E-state index contributed by atoms with van der Waals surface area (Å²) >= 11 is 0. The quantitative estimate of drug-likeness (QED) is 0.833. The number of piperidine rings is 1. The Hall–Kier alpha value is -1.46. The first kappa shape index (κ1) is 13.5. The van der Waals surface area contributed by atoms with Crippen LogP contribution in [0.15, 0.2) is 24.3 Å². The van der Waals surface area contributed by atoms with E-state index in [1.807, 2.05) is 0 Å². The highest BCUT2D eigenvalue weighted by Gasteiger charge is 2.37. The Morgan fingerprint density at radius 2 is 1.95 bits per heavy atom. The maximum Gasteiger partial charge on any atom is 0.257 e. The SMILES string of the molecule is O=C(c1ccccc1F)N1CCCC[C@H]1C1OCCO1. The van der Waals surface area contributed by atoms with E-state index in [-0.39, 0.29) is 23.8 Å². The Kier molecular flexibility index (Phi) is 3.98. The number of carbonyl (C=O) groups is 1. The monoisotopic (exact) mass is 279 g/mol. The number of ether oxygens (including phenoxy) is 2. The van der Waals surface area contributed by atoms with Gasteiger partial charge in [-0.2, -0.15) is 0 Å². The van der Waals surface area contributed by atoms with Gasteiger partial charge in [0.05, 0.1) is 24.8 Å². The third-order valence-electron chi connectivity index (χ3n) is 3.88. The van der Waals surface area contributed by atoms with Crippen LogP contribution in [0.5, 0.6) is 0 Å². The number of benzene rings is 1. The standard InChI is InChI=1S/C15H18FNO3/c16-12-6-2-1-5-11(12)14(18)17-8-4-3-7-13(17)15-19-9-10-20-15/h1-2,5-6,13,15H,3-4,7-10H2/t13-/m0/s1. The molecule has 0 radical (unpaired) electrons. The first-order valence-electron chi connectivity index (χ1n) is 7.06. The number of halogens is 1. The lowest BCUT2D eigenvalue weighted by molar-refractivity contribution is -0.100. The van der Waals surface area contributed by atoms with E-state index in [1.165, 1.54) is 12.1 Å². The summed E-state index contributed by atoms with van der Waals surface area (Å²) in [4.78, 5) is 14.3. The van der Waals surface area contributed by atoms with Crippen LogP contribution in [0, 0.1) is 5.82 Å². The fourth-order valence-electron chi connectivity index (χ4n) is 2.88. The van der Waals surface area contributed by atoms with Gasteiger partial charge in [0.15, 0.2) is 6.29 Å². The van der Waals surface area contributed by atoms with Crippen molar-refractivity contribution in [1.29, 1.82) is 0 Å². The lowest BCUT2D eigenvalue weighted by atomic mass is 10.00. The zero-order valence-electron chi connectivity index (χ0n) is 11.3. The Bertz CT molecular complexity index is 488. The van der Waals surface area contributed by atoms with Crippen LogP contribution in [-0.2, 0) is 9.47 Å². The summed E-state index contributed by atoms with van der Waals surface area (Å²) in [5.41, 5.74) is 0.123. The maximum absolute atomic E-state index is 13.8. The molecular formula is C15H18FNO3. The lowest BCUT2D eigenvalue weighted by Gasteiger charge is -2.38. The molecule has 2 saturated heterocycles. The molecule has 1 aromatic rings. The number of carbonyl (C=O) groups excluding carboxylic acids is 1. The van der Waals surface area contributed by atoms with Crippen molar-refractivity contribution in [2.24, 2.45) is 0 Å². The number of hydrogen-bond acceptors (Lipinski definition) is 3. The summed E-state index contributed by atoms with van der Waals surface area (Å²) in [6.07, 6.45) is 2.44. The minimum atomic E-state index is -0.477. The van der Waals surface area contributed by atoms with Crippen LogP contribution in [0.3, 0.4) is 0 Å². The molecule has 0 N–H and O–H groups in total. The van der Waals surface area contributed by atoms with Gasteiger partial charge in [-0.15, -0.1) is 0 Å². The normalized spacial score (nSPS) is 24.1. The molecule has 0 aliphatic carbocycles. The van der Waals surface area contributed by atoms with Crippen molar-refractivity contribution in [1.82, 2.24) is 4.90 Å². The van der Waals surface area contributed by atoms with Crippen molar-refractivity contribution < 1.29 is 18.7 Å². The lowest BCUT2D eigenvalue weighted by Crippen LogP contribution is -2.50. The van der Waals surface area contributed by atoms with Gasteiger partial charge in [0, 0.05) is 6.54 Å². The van der Waals surface area contributed by atoms with Gasteiger partial charge in [-0.25, -0.2) is 4.39 Å². The highest BCUT2D eigenvalue weighted by Crippen LogP contribution is 2.26. The molecule has 0 aromatic heterocycles. The van der Waals surface area contributed by atoms with E-state index >= 15 is 0 Å². The molecule has 1 aromatic carbocycles. The van der Waals surface area contributed by atoms with Gasteiger partial charge in [-0.1, -0.05) is 12.1 Å². The average Bonchev–Trinajstić information content (AvgIpc) is 3.01. The predicted molar refractivity (Wildman–Crippen MR) is 70.8 cm³/mol. The summed E-state index contributed by atoms with van der Waals surface area (Å²) in [6, 6.07) is 5.99. The second-order valence-electron chi connectivity index (χ2n) is 5.15. The fraction of sp³-hybridized carbons (Fsp3) is 0.533. The van der Waals surface area contributed by atoms with Gasteiger partial charge in [0.2, 0.25) is 0 Å². The molecule has 0 saturated carbocycles. The smallest absolute Gasteiger partial charge is 0.257 e. The van der Waals surface area contributed by atoms with Crippen LogP contribution in [0.1, 0.15) is 29.6 Å². The molecule has 4 nitrogen and oxygen atoms in total. The van der Waals surface area contributed by atoms with E-state index in [2.05, 4.69) is 0 Å². The maximum atomic E-state index is 13.8. The van der Waals surface area contributed by atoms with Gasteiger partial charge in [0.25, 0.3) is 5.91 Å². The summed E-state index contributed by atoms with van der Waals surface area (Å²) in [6.45, 7) is 1.74. The molecule has 2 aliphatic heterocycles. The van der Waals surface area contributed by atoms with Gasteiger partial charge < -0.3 is 14.4 Å². The third-order valence-corrected chi connectivity index (χ3v) is 3.88. The van der Waals surface area contributed by atoms with E-state index in [4.69, 9.17) is 9.47 Å². The molecule has 0 unspecified atom stereocenters. The summed E-state index contributed by atoms with van der Waals surface area (Å²) in [5.74, 6) is -0.748. The van der Waals surface area contributed by atoms with Gasteiger partial charge in [-0.3, -0.25) is 4.79 Å². The molecule has 0 bridgehead atoms. The number of amides is 1. The van der Waals surface area contributed by atoms with Crippen LogP contribution in [-0.4, -0.2) is 42.9 Å². The Balaban J connectivity index is 1.82. The average molecular weight is 279 g/mol. The van der Waals surface area contributed by atoms with Crippen molar-refractivity contribution in [2.45, 2.75) is 31.6 Å². The van der Waals surface area contributed by atoms with Crippen LogP contribution >= 0.6 is 0 Å². The summed E-state index contributed by atoms with van der Waals surface area (Å²) < 4.78 is 24.8. The molecule has 20 heavy (non-hydrogen) atoms. The third kappa shape index (κ3) is 2.55. The topological polar surface area (TPSA) is 38.8 Å². The van der Waals surface area contributed by atoms with Gasteiger partial charge >= 0.3 is 0 Å². The minimum Gasteiger partial charge on any atom is -0.348 e. The Morgan fingerprint density at radius 1 is 1.20 bits per heavy atom. The molecule has 0 spiro atoms. The molecule has 3 rings (SSSR count). The molecule has 1 atom stereocenters. The highest BCUT2D eigenvalue weighted by molar-refractivity contribution is 5.94. The Morgan fingerprint density at radius 3 is 2.70 bits per heavy atom. The molecule has 5 heteroatoms. The van der Waals surface area contributed by atoms with Gasteiger partial charge in [0.1, 0.15) is 5.82 Å². The Labute approximate surface area is 117 Å². The predicted octanol–water partition coefficient (Wildman–Crippen LogP) is 2.19. The van der Waals surface area contributed by atoms with Crippen LogP contribution in [0.25, 0.3) is 0 Å².